The van der Waals surface area contributed by atoms with Crippen LogP contribution in [-0.2, 0) is 9.84 Å². The molecule has 6 heteroatoms. The Bertz CT molecular complexity index is 1190. The molecule has 1 aliphatic rings. The molecule has 1 saturated heterocycles. The van der Waals surface area contributed by atoms with E-state index in [2.05, 4.69) is 0 Å². The van der Waals surface area contributed by atoms with Crippen LogP contribution in [0.4, 0.5) is 0 Å². The molecule has 30 heavy (non-hydrogen) atoms. The summed E-state index contributed by atoms with van der Waals surface area (Å²) in [7, 11) is -3.07. The Kier molecular flexibility index (Phi) is 5.60. The number of likely N-dealkylation sites (tertiary alicyclic amines) is 1. The maximum atomic E-state index is 13.5. The number of aromatic nitrogens is 1. The zero-order chi connectivity index (χ0) is 21.3. The number of rotatable bonds is 4. The van der Waals surface area contributed by atoms with Crippen molar-refractivity contribution in [2.75, 3.05) is 25.1 Å². The van der Waals surface area contributed by atoms with Crippen LogP contribution in [-0.4, -0.2) is 49.3 Å². The highest BCUT2D eigenvalue weighted by Gasteiger charge is 2.28. The van der Waals surface area contributed by atoms with E-state index >= 15 is 0 Å². The van der Waals surface area contributed by atoms with Crippen LogP contribution in [0.3, 0.4) is 0 Å². The molecule has 0 spiro atoms. The summed E-state index contributed by atoms with van der Waals surface area (Å²) in [5.41, 5.74) is 4.30. The number of hydrogen-bond acceptors (Lipinski definition) is 4. The molecule has 5 nitrogen and oxygen atoms in total. The van der Waals surface area contributed by atoms with Crippen molar-refractivity contribution in [1.82, 2.24) is 9.88 Å². The van der Waals surface area contributed by atoms with Crippen LogP contribution in [0.15, 0.2) is 54.6 Å². The first-order chi connectivity index (χ1) is 14.3. The highest BCUT2D eigenvalue weighted by Crippen LogP contribution is 2.28. The van der Waals surface area contributed by atoms with Crippen LogP contribution in [0.2, 0.25) is 0 Å². The largest absolute Gasteiger partial charge is 0.338 e. The molecule has 1 fully saturated rings. The van der Waals surface area contributed by atoms with Crippen molar-refractivity contribution < 1.29 is 13.2 Å². The molecule has 1 atom stereocenters. The Balaban J connectivity index is 1.72. The fourth-order valence-corrected chi connectivity index (χ4v) is 5.34. The predicted molar refractivity (Wildman–Crippen MR) is 120 cm³/mol. The van der Waals surface area contributed by atoms with E-state index in [0.29, 0.717) is 18.7 Å². The number of hydrogen-bond donors (Lipinski definition) is 0. The van der Waals surface area contributed by atoms with Crippen LogP contribution in [0, 0.1) is 12.8 Å². The van der Waals surface area contributed by atoms with E-state index in [9.17, 15) is 13.2 Å². The molecule has 0 saturated carbocycles. The van der Waals surface area contributed by atoms with Crippen molar-refractivity contribution in [3.8, 4) is 11.3 Å². The number of carbonyl (C=O) groups is 1. The molecule has 0 unspecified atom stereocenters. The molecular formula is C24H26N2O3S. The van der Waals surface area contributed by atoms with E-state index in [1.54, 1.807) is 4.90 Å². The molecule has 156 valence electrons. The van der Waals surface area contributed by atoms with Gasteiger partial charge in [0.25, 0.3) is 5.91 Å². The van der Waals surface area contributed by atoms with Gasteiger partial charge in [0.05, 0.1) is 22.5 Å². The number of para-hydroxylation sites is 1. The van der Waals surface area contributed by atoms with Gasteiger partial charge in [0.1, 0.15) is 9.84 Å². The van der Waals surface area contributed by atoms with Gasteiger partial charge < -0.3 is 4.90 Å². The lowest BCUT2D eigenvalue weighted by Crippen LogP contribution is -2.41. The maximum absolute atomic E-state index is 13.5. The van der Waals surface area contributed by atoms with Crippen molar-refractivity contribution >= 4 is 26.6 Å². The molecule has 1 aromatic heterocycles. The number of benzene rings is 2. The number of aryl methyl sites for hydroxylation is 1. The first kappa shape index (κ1) is 20.5. The van der Waals surface area contributed by atoms with Gasteiger partial charge in [-0.05, 0) is 37.8 Å². The van der Waals surface area contributed by atoms with E-state index < -0.39 is 9.84 Å². The standard InChI is InChI=1S/C24H26N2O3S/c1-17-9-11-19(12-10-17)23-14-21(20-7-3-4-8-22(20)25-23)24(27)26-13-5-6-18(15-26)16-30(2,28)29/h3-4,7-12,14,18H,5-6,13,15-16H2,1-2H3/t18-/m1/s1. The zero-order valence-electron chi connectivity index (χ0n) is 17.3. The molecular weight excluding hydrogens is 396 g/mol. The van der Waals surface area contributed by atoms with Gasteiger partial charge in [-0.1, -0.05) is 48.0 Å². The number of piperidine rings is 1. The summed E-state index contributed by atoms with van der Waals surface area (Å²) < 4.78 is 23.5. The molecule has 0 radical (unpaired) electrons. The smallest absolute Gasteiger partial charge is 0.254 e. The number of sulfone groups is 1. The van der Waals surface area contributed by atoms with Gasteiger partial charge in [0.2, 0.25) is 0 Å². The maximum Gasteiger partial charge on any atom is 0.254 e. The first-order valence-electron chi connectivity index (χ1n) is 10.2. The summed E-state index contributed by atoms with van der Waals surface area (Å²) >= 11 is 0. The van der Waals surface area contributed by atoms with E-state index in [0.717, 1.165) is 35.0 Å². The van der Waals surface area contributed by atoms with Crippen molar-refractivity contribution in [2.45, 2.75) is 19.8 Å². The van der Waals surface area contributed by atoms with Crippen molar-refractivity contribution in [3.63, 3.8) is 0 Å². The van der Waals surface area contributed by atoms with E-state index in [-0.39, 0.29) is 17.6 Å². The molecule has 0 N–H and O–H groups in total. The van der Waals surface area contributed by atoms with E-state index in [1.165, 1.54) is 11.8 Å². The van der Waals surface area contributed by atoms with E-state index in [1.807, 2.05) is 61.5 Å². The van der Waals surface area contributed by atoms with Crippen molar-refractivity contribution in [3.05, 3.63) is 65.7 Å². The lowest BCUT2D eigenvalue weighted by Gasteiger charge is -2.32. The van der Waals surface area contributed by atoms with Gasteiger partial charge in [-0.3, -0.25) is 4.79 Å². The van der Waals surface area contributed by atoms with Gasteiger partial charge in [-0.2, -0.15) is 0 Å². The Labute approximate surface area is 177 Å². The van der Waals surface area contributed by atoms with Crippen LogP contribution < -0.4 is 0 Å². The second kappa shape index (κ2) is 8.19. The highest BCUT2D eigenvalue weighted by atomic mass is 32.2. The molecule has 2 aromatic carbocycles. The third kappa shape index (κ3) is 4.54. The summed E-state index contributed by atoms with van der Waals surface area (Å²) in [4.78, 5) is 20.1. The number of pyridine rings is 1. The summed E-state index contributed by atoms with van der Waals surface area (Å²) in [5.74, 6) is 0.0604. The van der Waals surface area contributed by atoms with Crippen molar-refractivity contribution in [2.24, 2.45) is 5.92 Å². The first-order valence-corrected chi connectivity index (χ1v) is 12.3. The Morgan fingerprint density at radius 2 is 1.87 bits per heavy atom. The molecule has 0 aliphatic carbocycles. The topological polar surface area (TPSA) is 67.3 Å². The quantitative estimate of drug-likeness (QED) is 0.635. The van der Waals surface area contributed by atoms with Gasteiger partial charge in [0, 0.05) is 30.3 Å². The Morgan fingerprint density at radius 3 is 2.60 bits per heavy atom. The number of nitrogens with zero attached hydrogens (tertiary/aromatic N) is 2. The SMILES string of the molecule is Cc1ccc(-c2cc(C(=O)N3CCC[C@@H](CS(C)(=O)=O)C3)c3ccccc3n2)cc1. The highest BCUT2D eigenvalue weighted by molar-refractivity contribution is 7.90. The van der Waals surface area contributed by atoms with Crippen LogP contribution in [0.25, 0.3) is 22.2 Å². The average Bonchev–Trinajstić information content (AvgIpc) is 2.72. The number of amides is 1. The zero-order valence-corrected chi connectivity index (χ0v) is 18.2. The molecule has 1 amide bonds. The summed E-state index contributed by atoms with van der Waals surface area (Å²) in [5, 5.41) is 0.823. The molecule has 0 bridgehead atoms. The fourth-order valence-electron chi connectivity index (χ4n) is 4.21. The summed E-state index contributed by atoms with van der Waals surface area (Å²) in [6, 6.07) is 17.7. The van der Waals surface area contributed by atoms with Crippen molar-refractivity contribution in [1.29, 1.82) is 0 Å². The average molecular weight is 423 g/mol. The lowest BCUT2D eigenvalue weighted by atomic mass is 9.97. The Hall–Kier alpha value is -2.73. The number of carbonyl (C=O) groups excluding carboxylic acids is 1. The van der Waals surface area contributed by atoms with Crippen LogP contribution in [0.1, 0.15) is 28.8 Å². The summed E-state index contributed by atoms with van der Waals surface area (Å²) in [6.07, 6.45) is 2.92. The minimum absolute atomic E-state index is 0.0117. The van der Waals surface area contributed by atoms with E-state index in [4.69, 9.17) is 4.98 Å². The van der Waals surface area contributed by atoms with Gasteiger partial charge in [-0.15, -0.1) is 0 Å². The molecule has 1 aliphatic heterocycles. The molecule has 4 rings (SSSR count). The van der Waals surface area contributed by atoms with Crippen LogP contribution >= 0.6 is 0 Å². The van der Waals surface area contributed by atoms with Gasteiger partial charge >= 0.3 is 0 Å². The monoisotopic (exact) mass is 422 g/mol. The fraction of sp³-hybridized carbons (Fsp3) is 0.333. The minimum Gasteiger partial charge on any atom is -0.338 e. The van der Waals surface area contributed by atoms with Gasteiger partial charge in [0.15, 0.2) is 0 Å². The Morgan fingerprint density at radius 1 is 1.13 bits per heavy atom. The third-order valence-corrected chi connectivity index (χ3v) is 6.72. The minimum atomic E-state index is -3.07. The second-order valence-corrected chi connectivity index (χ2v) is 10.5. The summed E-state index contributed by atoms with van der Waals surface area (Å²) in [6.45, 7) is 3.16. The molecule has 2 heterocycles. The number of fused-ring (bicyclic) bond motifs is 1. The normalized spacial score (nSPS) is 17.3. The molecule has 3 aromatic rings. The predicted octanol–water partition coefficient (Wildman–Crippen LogP) is 4.11. The second-order valence-electron chi connectivity index (χ2n) is 8.29. The van der Waals surface area contributed by atoms with Crippen LogP contribution in [0.5, 0.6) is 0 Å². The lowest BCUT2D eigenvalue weighted by molar-refractivity contribution is 0.0686. The van der Waals surface area contributed by atoms with Gasteiger partial charge in [-0.25, -0.2) is 13.4 Å². The third-order valence-electron chi connectivity index (χ3n) is 5.64.